The topological polar surface area (TPSA) is 72.2 Å². The molecule has 78 valence electrons. The van der Waals surface area contributed by atoms with Crippen molar-refractivity contribution >= 4 is 9.84 Å². The van der Waals surface area contributed by atoms with Crippen LogP contribution < -0.4 is 11.1 Å². The second kappa shape index (κ2) is 4.39. The highest BCUT2D eigenvalue weighted by Gasteiger charge is 2.23. The highest BCUT2D eigenvalue weighted by atomic mass is 32.2. The second-order valence-electron chi connectivity index (χ2n) is 3.84. The maximum absolute atomic E-state index is 11.0. The first-order chi connectivity index (χ1) is 5.99. The molecule has 1 rings (SSSR count). The van der Waals surface area contributed by atoms with E-state index < -0.39 is 9.84 Å². The fourth-order valence-corrected chi connectivity index (χ4v) is 2.73. The van der Waals surface area contributed by atoms with Gasteiger partial charge in [-0.05, 0) is 31.8 Å². The smallest absolute Gasteiger partial charge is 0.148 e. The minimum Gasteiger partial charge on any atom is -0.327 e. The van der Waals surface area contributed by atoms with E-state index in [1.54, 1.807) is 0 Å². The normalized spacial score (nSPS) is 22.9. The maximum atomic E-state index is 11.0. The van der Waals surface area contributed by atoms with Crippen LogP contribution in [0.1, 0.15) is 12.8 Å². The summed E-state index contributed by atoms with van der Waals surface area (Å²) in [5.41, 5.74) is 5.83. The molecule has 1 atom stereocenters. The molecule has 0 radical (unpaired) electrons. The molecular formula is C8H18N2O2S. The number of nitrogens with two attached hydrogens (primary N) is 1. The average molecular weight is 206 g/mol. The molecule has 4 nitrogen and oxygen atoms in total. The molecule has 3 N–H and O–H groups in total. The monoisotopic (exact) mass is 206 g/mol. The van der Waals surface area contributed by atoms with Crippen LogP contribution in [0.5, 0.6) is 0 Å². The molecule has 0 bridgehead atoms. The zero-order valence-corrected chi connectivity index (χ0v) is 8.81. The summed E-state index contributed by atoms with van der Waals surface area (Å²) < 4.78 is 22.0. The number of nitrogens with one attached hydrogen (secondary N) is 1. The Bertz CT molecular complexity index is 245. The van der Waals surface area contributed by atoms with Crippen molar-refractivity contribution in [1.82, 2.24) is 5.32 Å². The maximum Gasteiger partial charge on any atom is 0.148 e. The van der Waals surface area contributed by atoms with E-state index in [1.807, 2.05) is 0 Å². The lowest BCUT2D eigenvalue weighted by atomic mass is 9.92. The summed E-state index contributed by atoms with van der Waals surface area (Å²) in [5.74, 6) is 0.494. The zero-order valence-electron chi connectivity index (χ0n) is 7.99. The summed E-state index contributed by atoms with van der Waals surface area (Å²) in [4.78, 5) is 0. The molecule has 1 aliphatic rings. The van der Waals surface area contributed by atoms with Crippen molar-refractivity contribution in [3.8, 4) is 0 Å². The van der Waals surface area contributed by atoms with Crippen molar-refractivity contribution in [2.45, 2.75) is 18.9 Å². The predicted octanol–water partition coefficient (Wildman–Crippen LogP) is -0.642. The molecule has 1 aliphatic heterocycles. The molecule has 0 aromatic heterocycles. The number of sulfone groups is 1. The molecule has 0 spiro atoms. The first-order valence-corrected chi connectivity index (χ1v) is 6.69. The van der Waals surface area contributed by atoms with Gasteiger partial charge >= 0.3 is 0 Å². The van der Waals surface area contributed by atoms with Crippen LogP contribution in [0.4, 0.5) is 0 Å². The van der Waals surface area contributed by atoms with E-state index in [-0.39, 0.29) is 11.8 Å². The van der Waals surface area contributed by atoms with Gasteiger partial charge in [-0.2, -0.15) is 0 Å². The Morgan fingerprint density at radius 3 is 2.46 bits per heavy atom. The van der Waals surface area contributed by atoms with Crippen LogP contribution >= 0.6 is 0 Å². The Labute approximate surface area is 79.8 Å². The van der Waals surface area contributed by atoms with Crippen LogP contribution in [-0.2, 0) is 9.84 Å². The van der Waals surface area contributed by atoms with Crippen LogP contribution in [0.15, 0.2) is 0 Å². The summed E-state index contributed by atoms with van der Waals surface area (Å²) in [7, 11) is -2.92. The third-order valence-electron chi connectivity index (χ3n) is 2.48. The first kappa shape index (κ1) is 10.9. The summed E-state index contributed by atoms with van der Waals surface area (Å²) in [6.45, 7) is 1.92. The van der Waals surface area contributed by atoms with Crippen LogP contribution in [0.3, 0.4) is 0 Å². The van der Waals surface area contributed by atoms with Crippen molar-refractivity contribution < 1.29 is 8.42 Å². The Balaban J connectivity index is 2.42. The fourth-order valence-electron chi connectivity index (χ4n) is 1.76. The van der Waals surface area contributed by atoms with E-state index in [1.165, 1.54) is 6.26 Å². The SMILES string of the molecule is CS(=O)(=O)CC(N)C1CCNCC1. The molecule has 5 heteroatoms. The summed E-state index contributed by atoms with van der Waals surface area (Å²) in [5, 5.41) is 3.23. The van der Waals surface area contributed by atoms with Crippen molar-refractivity contribution in [1.29, 1.82) is 0 Å². The number of piperidine rings is 1. The quantitative estimate of drug-likeness (QED) is 0.644. The molecule has 13 heavy (non-hydrogen) atoms. The Hall–Kier alpha value is -0.130. The molecule has 1 fully saturated rings. The summed E-state index contributed by atoms with van der Waals surface area (Å²) in [6.07, 6.45) is 3.24. The minimum absolute atomic E-state index is 0.123. The fraction of sp³-hybridized carbons (Fsp3) is 1.00. The molecule has 0 amide bonds. The van der Waals surface area contributed by atoms with Crippen LogP contribution in [0, 0.1) is 5.92 Å². The molecule has 1 unspecified atom stereocenters. The van der Waals surface area contributed by atoms with E-state index in [0.29, 0.717) is 5.92 Å². The lowest BCUT2D eigenvalue weighted by Crippen LogP contribution is -2.42. The van der Waals surface area contributed by atoms with Crippen molar-refractivity contribution in [3.05, 3.63) is 0 Å². The molecule has 0 aliphatic carbocycles. The van der Waals surface area contributed by atoms with Gasteiger partial charge in [0.05, 0.1) is 5.75 Å². The molecule has 1 saturated heterocycles. The molecule has 0 aromatic rings. The van der Waals surface area contributed by atoms with Gasteiger partial charge in [-0.1, -0.05) is 0 Å². The minimum atomic E-state index is -2.92. The van der Waals surface area contributed by atoms with E-state index >= 15 is 0 Å². The van der Waals surface area contributed by atoms with Gasteiger partial charge in [0, 0.05) is 12.3 Å². The number of hydrogen-bond donors (Lipinski definition) is 2. The zero-order chi connectivity index (χ0) is 9.90. The lowest BCUT2D eigenvalue weighted by molar-refractivity contribution is 0.331. The van der Waals surface area contributed by atoms with Gasteiger partial charge in [-0.15, -0.1) is 0 Å². The summed E-state index contributed by atoms with van der Waals surface area (Å²) >= 11 is 0. The van der Waals surface area contributed by atoms with Crippen molar-refractivity contribution in [2.75, 3.05) is 25.1 Å². The van der Waals surface area contributed by atoms with Gasteiger partial charge in [0.2, 0.25) is 0 Å². The molecule has 0 saturated carbocycles. The molecule has 1 heterocycles. The van der Waals surface area contributed by atoms with Crippen molar-refractivity contribution in [2.24, 2.45) is 11.7 Å². The molecule has 0 aromatic carbocycles. The predicted molar refractivity (Wildman–Crippen MR) is 53.3 cm³/mol. The van der Waals surface area contributed by atoms with Gasteiger partial charge in [-0.3, -0.25) is 0 Å². The number of rotatable bonds is 3. The average Bonchev–Trinajstić information content (AvgIpc) is 2.03. The van der Waals surface area contributed by atoms with Gasteiger partial charge < -0.3 is 11.1 Å². The van der Waals surface area contributed by atoms with Crippen LogP contribution in [0.2, 0.25) is 0 Å². The van der Waals surface area contributed by atoms with Crippen molar-refractivity contribution in [3.63, 3.8) is 0 Å². The Morgan fingerprint density at radius 1 is 1.46 bits per heavy atom. The first-order valence-electron chi connectivity index (χ1n) is 4.63. The van der Waals surface area contributed by atoms with E-state index in [9.17, 15) is 8.42 Å². The van der Waals surface area contributed by atoms with Crippen LogP contribution in [0.25, 0.3) is 0 Å². The highest BCUT2D eigenvalue weighted by Crippen LogP contribution is 2.15. The Morgan fingerprint density at radius 2 is 2.00 bits per heavy atom. The highest BCUT2D eigenvalue weighted by molar-refractivity contribution is 7.90. The third-order valence-corrected chi connectivity index (χ3v) is 3.47. The van der Waals surface area contributed by atoms with E-state index in [0.717, 1.165) is 25.9 Å². The van der Waals surface area contributed by atoms with Gasteiger partial charge in [0.25, 0.3) is 0 Å². The number of hydrogen-bond acceptors (Lipinski definition) is 4. The third kappa shape index (κ3) is 4.06. The van der Waals surface area contributed by atoms with Gasteiger partial charge in [0.1, 0.15) is 9.84 Å². The largest absolute Gasteiger partial charge is 0.327 e. The van der Waals surface area contributed by atoms with E-state index in [2.05, 4.69) is 5.32 Å². The van der Waals surface area contributed by atoms with Gasteiger partial charge in [-0.25, -0.2) is 8.42 Å². The van der Waals surface area contributed by atoms with E-state index in [4.69, 9.17) is 5.73 Å². The van der Waals surface area contributed by atoms with Crippen LogP contribution in [-0.4, -0.2) is 39.6 Å². The standard InChI is InChI=1S/C8H18N2O2S/c1-13(11,12)6-8(9)7-2-4-10-5-3-7/h7-8,10H,2-6,9H2,1H3. The Kier molecular flexibility index (Phi) is 3.70. The van der Waals surface area contributed by atoms with Gasteiger partial charge in [0.15, 0.2) is 0 Å². The molecular weight excluding hydrogens is 188 g/mol. The summed E-state index contributed by atoms with van der Waals surface area (Å²) in [6, 6.07) is -0.183. The lowest BCUT2D eigenvalue weighted by Gasteiger charge is -2.27. The second-order valence-corrected chi connectivity index (χ2v) is 6.03.